The molecule has 0 radical (unpaired) electrons. The van der Waals surface area contributed by atoms with Crippen molar-refractivity contribution < 1.29 is 9.18 Å². The molecule has 1 aliphatic rings. The third-order valence-electron chi connectivity index (χ3n) is 6.53. The average molecular weight is 453 g/mol. The lowest BCUT2D eigenvalue weighted by Crippen LogP contribution is -2.14. The number of halogens is 1. The fraction of sp³-hybridized carbons (Fsp3) is 0.214. The van der Waals surface area contributed by atoms with Crippen LogP contribution in [0.25, 0.3) is 11.3 Å². The maximum absolute atomic E-state index is 14.7. The number of nitrogens with one attached hydrogen (secondary N) is 1. The van der Waals surface area contributed by atoms with Crippen LogP contribution in [0.5, 0.6) is 0 Å². The summed E-state index contributed by atoms with van der Waals surface area (Å²) in [6.45, 7) is 4.49. The van der Waals surface area contributed by atoms with E-state index in [0.29, 0.717) is 22.5 Å². The number of fused-ring (bicyclic) bond motifs is 1. The topological polar surface area (TPSA) is 67.8 Å². The van der Waals surface area contributed by atoms with E-state index in [-0.39, 0.29) is 23.6 Å². The van der Waals surface area contributed by atoms with Crippen molar-refractivity contribution in [3.05, 3.63) is 107 Å². The number of aromatic nitrogens is 3. The molecule has 1 aliphatic carbocycles. The highest BCUT2D eigenvalue weighted by molar-refractivity contribution is 6.04. The average Bonchev–Trinajstić information content (AvgIpc) is 3.15. The van der Waals surface area contributed by atoms with Crippen molar-refractivity contribution in [2.24, 2.45) is 0 Å². The molecule has 1 amide bonds. The van der Waals surface area contributed by atoms with E-state index in [1.165, 1.54) is 29.6 Å². The number of amides is 1. The molecule has 4 aromatic rings. The van der Waals surface area contributed by atoms with Gasteiger partial charge in [-0.2, -0.15) is 0 Å². The van der Waals surface area contributed by atoms with E-state index in [1.54, 1.807) is 24.5 Å². The van der Waals surface area contributed by atoms with E-state index in [4.69, 9.17) is 0 Å². The molecular weight excluding hydrogens is 427 g/mol. The molecule has 170 valence electrons. The second-order valence-electron chi connectivity index (χ2n) is 9.29. The highest BCUT2D eigenvalue weighted by Crippen LogP contribution is 2.39. The van der Waals surface area contributed by atoms with Crippen LogP contribution in [0, 0.1) is 5.82 Å². The van der Waals surface area contributed by atoms with Crippen molar-refractivity contribution in [1.82, 2.24) is 15.0 Å². The Morgan fingerprint density at radius 1 is 1.06 bits per heavy atom. The first kappa shape index (κ1) is 21.9. The SMILES string of the molecule is CC1(C)CCc2cc(NC(=O)c3ccc(F)c(Cc4ncccc4-c4ccncn4)c3)ccc21. The van der Waals surface area contributed by atoms with Crippen molar-refractivity contribution in [2.45, 2.75) is 38.5 Å². The van der Waals surface area contributed by atoms with Gasteiger partial charge in [-0.3, -0.25) is 9.78 Å². The van der Waals surface area contributed by atoms with E-state index in [2.05, 4.69) is 40.2 Å². The molecule has 0 saturated carbocycles. The van der Waals surface area contributed by atoms with Gasteiger partial charge >= 0.3 is 0 Å². The Labute approximate surface area is 198 Å². The molecule has 34 heavy (non-hydrogen) atoms. The third kappa shape index (κ3) is 4.31. The number of aryl methyl sites for hydroxylation is 1. The molecule has 6 heteroatoms. The number of nitrogens with zero attached hydrogens (tertiary/aromatic N) is 3. The number of carbonyl (C=O) groups excluding carboxylic acids is 1. The van der Waals surface area contributed by atoms with Crippen molar-refractivity contribution in [3.63, 3.8) is 0 Å². The van der Waals surface area contributed by atoms with Crippen LogP contribution in [0.4, 0.5) is 10.1 Å². The van der Waals surface area contributed by atoms with E-state index in [1.807, 2.05) is 24.3 Å². The monoisotopic (exact) mass is 452 g/mol. The van der Waals surface area contributed by atoms with Crippen molar-refractivity contribution in [3.8, 4) is 11.3 Å². The molecule has 0 unspecified atom stereocenters. The second kappa shape index (κ2) is 8.78. The van der Waals surface area contributed by atoms with Crippen LogP contribution in [0.15, 0.2) is 73.3 Å². The molecule has 5 nitrogen and oxygen atoms in total. The van der Waals surface area contributed by atoms with Crippen LogP contribution in [-0.4, -0.2) is 20.9 Å². The van der Waals surface area contributed by atoms with Gasteiger partial charge in [-0.05, 0) is 83.5 Å². The molecule has 0 atom stereocenters. The van der Waals surface area contributed by atoms with Crippen LogP contribution in [0.3, 0.4) is 0 Å². The zero-order valence-electron chi connectivity index (χ0n) is 19.2. The molecule has 0 aliphatic heterocycles. The molecule has 0 saturated heterocycles. The Morgan fingerprint density at radius 2 is 1.94 bits per heavy atom. The summed E-state index contributed by atoms with van der Waals surface area (Å²) < 4.78 is 14.7. The Bertz CT molecular complexity index is 1370. The van der Waals surface area contributed by atoms with Crippen LogP contribution in [0.2, 0.25) is 0 Å². The van der Waals surface area contributed by atoms with Gasteiger partial charge < -0.3 is 5.32 Å². The minimum atomic E-state index is -0.379. The van der Waals surface area contributed by atoms with Crippen LogP contribution < -0.4 is 5.32 Å². The fourth-order valence-corrected chi connectivity index (χ4v) is 4.62. The number of pyridine rings is 1. The number of benzene rings is 2. The molecule has 0 spiro atoms. The summed E-state index contributed by atoms with van der Waals surface area (Å²) in [7, 11) is 0. The number of carbonyl (C=O) groups is 1. The van der Waals surface area contributed by atoms with Gasteiger partial charge in [-0.25, -0.2) is 14.4 Å². The van der Waals surface area contributed by atoms with Gasteiger partial charge in [0.15, 0.2) is 0 Å². The smallest absolute Gasteiger partial charge is 0.255 e. The minimum absolute atomic E-state index is 0.167. The molecule has 2 heterocycles. The summed E-state index contributed by atoms with van der Waals surface area (Å²) in [6.07, 6.45) is 7.14. The highest BCUT2D eigenvalue weighted by Gasteiger charge is 2.29. The summed E-state index contributed by atoms with van der Waals surface area (Å²) >= 11 is 0. The lowest BCUT2D eigenvalue weighted by Gasteiger charge is -2.19. The van der Waals surface area contributed by atoms with Gasteiger partial charge in [-0.1, -0.05) is 19.9 Å². The maximum Gasteiger partial charge on any atom is 0.255 e. The van der Waals surface area contributed by atoms with Crippen molar-refractivity contribution >= 4 is 11.6 Å². The van der Waals surface area contributed by atoms with Crippen LogP contribution in [0.1, 0.15) is 53.0 Å². The predicted molar refractivity (Wildman–Crippen MR) is 130 cm³/mol. The number of anilines is 1. The standard InChI is InChI=1S/C28H25FN4O/c1-28(2)11-9-18-15-21(6-7-23(18)28)33-27(34)19-5-8-24(29)20(14-19)16-26-22(4-3-12-31-26)25-10-13-30-17-32-25/h3-8,10,12-15,17H,9,11,16H2,1-2H3,(H,33,34). The Kier molecular flexibility index (Phi) is 5.65. The Balaban J connectivity index is 1.39. The Hall–Kier alpha value is -3.93. The zero-order chi connectivity index (χ0) is 23.7. The van der Waals surface area contributed by atoms with Gasteiger partial charge in [0.25, 0.3) is 5.91 Å². The van der Waals surface area contributed by atoms with Gasteiger partial charge in [0.2, 0.25) is 0 Å². The molecule has 5 rings (SSSR count). The van der Waals surface area contributed by atoms with E-state index < -0.39 is 0 Å². The summed E-state index contributed by atoms with van der Waals surface area (Å²) in [5.41, 5.74) is 6.53. The zero-order valence-corrected chi connectivity index (χ0v) is 19.2. The Morgan fingerprint density at radius 3 is 2.76 bits per heavy atom. The summed E-state index contributed by atoms with van der Waals surface area (Å²) in [5, 5.41) is 2.97. The van der Waals surface area contributed by atoms with Crippen LogP contribution >= 0.6 is 0 Å². The maximum atomic E-state index is 14.7. The lowest BCUT2D eigenvalue weighted by molar-refractivity contribution is 0.102. The minimum Gasteiger partial charge on any atom is -0.322 e. The largest absolute Gasteiger partial charge is 0.322 e. The summed E-state index contributed by atoms with van der Waals surface area (Å²) in [4.78, 5) is 25.7. The normalized spacial score (nSPS) is 14.0. The lowest BCUT2D eigenvalue weighted by atomic mass is 9.86. The number of hydrogen-bond acceptors (Lipinski definition) is 4. The molecule has 2 aromatic carbocycles. The predicted octanol–water partition coefficient (Wildman–Crippen LogP) is 5.74. The summed E-state index contributed by atoms with van der Waals surface area (Å²) in [5.74, 6) is -0.647. The number of hydrogen-bond donors (Lipinski definition) is 1. The third-order valence-corrected chi connectivity index (χ3v) is 6.53. The van der Waals surface area contributed by atoms with Gasteiger partial charge in [0.05, 0.1) is 11.4 Å². The van der Waals surface area contributed by atoms with Gasteiger partial charge in [-0.15, -0.1) is 0 Å². The molecule has 0 bridgehead atoms. The first-order valence-corrected chi connectivity index (χ1v) is 11.3. The van der Waals surface area contributed by atoms with Crippen LogP contribution in [-0.2, 0) is 18.3 Å². The number of rotatable bonds is 5. The molecule has 2 aromatic heterocycles. The van der Waals surface area contributed by atoms with E-state index >= 15 is 0 Å². The molecule has 0 fully saturated rings. The molecular formula is C28H25FN4O. The summed E-state index contributed by atoms with van der Waals surface area (Å²) in [6, 6.07) is 16.0. The highest BCUT2D eigenvalue weighted by atomic mass is 19.1. The van der Waals surface area contributed by atoms with Gasteiger partial charge in [0, 0.05) is 35.6 Å². The van der Waals surface area contributed by atoms with Gasteiger partial charge in [0.1, 0.15) is 12.1 Å². The molecule has 1 N–H and O–H groups in total. The first-order chi connectivity index (χ1) is 16.4. The van der Waals surface area contributed by atoms with Crippen molar-refractivity contribution in [1.29, 1.82) is 0 Å². The quantitative estimate of drug-likeness (QED) is 0.419. The van der Waals surface area contributed by atoms with Crippen molar-refractivity contribution in [2.75, 3.05) is 5.32 Å². The van der Waals surface area contributed by atoms with E-state index in [9.17, 15) is 9.18 Å². The first-order valence-electron chi connectivity index (χ1n) is 11.3. The second-order valence-corrected chi connectivity index (χ2v) is 9.29. The fourth-order valence-electron chi connectivity index (χ4n) is 4.62. The van der Waals surface area contributed by atoms with E-state index in [0.717, 1.165) is 24.1 Å².